The molecule has 1 aromatic rings. The molecule has 8 nitrogen and oxygen atoms in total. The number of rotatable bonds is 2. The van der Waals surface area contributed by atoms with Crippen LogP contribution in [-0.4, -0.2) is 9.14 Å². The van der Waals surface area contributed by atoms with Gasteiger partial charge in [-0.15, -0.1) is 0 Å². The van der Waals surface area contributed by atoms with E-state index in [-0.39, 0.29) is 12.4 Å². The molecule has 0 aliphatic rings. The molecule has 0 saturated heterocycles. The molecule has 0 aliphatic heterocycles. The van der Waals surface area contributed by atoms with E-state index in [2.05, 4.69) is 7.82 Å². The van der Waals surface area contributed by atoms with Gasteiger partial charge in [-0.2, -0.15) is 0 Å². The molecule has 0 atom stereocenters. The van der Waals surface area contributed by atoms with Crippen molar-refractivity contribution in [1.82, 2.24) is 4.98 Å². The Morgan fingerprint density at radius 1 is 1.06 bits per heavy atom. The number of pyridine rings is 1. The number of nitrogens with zero attached hydrogens (tertiary/aromatic N) is 1. The summed E-state index contributed by atoms with van der Waals surface area (Å²) in [6.45, 7) is 0. The summed E-state index contributed by atoms with van der Waals surface area (Å²) in [5.41, 5.74) is 0. The zero-order valence-corrected chi connectivity index (χ0v) is 10.9. The largest absolute Gasteiger partial charge is 0.265 e. The molecule has 0 aromatic carbocycles. The molecule has 1 N–H and O–H groups in total. The summed E-state index contributed by atoms with van der Waals surface area (Å²) in [6.07, 6.45) is 3.50. The van der Waals surface area contributed by atoms with E-state index in [9.17, 15) is 19.4 Å². The second kappa shape index (κ2) is 7.79. The van der Waals surface area contributed by atoms with Gasteiger partial charge in [0.15, 0.2) is 0 Å². The van der Waals surface area contributed by atoms with Gasteiger partial charge < -0.3 is 0 Å². The Morgan fingerprint density at radius 2 is 1.50 bits per heavy atom. The molecule has 1 aromatic heterocycles. The molecule has 0 spiro atoms. The van der Waals surface area contributed by atoms with Crippen molar-refractivity contribution in [3.63, 3.8) is 0 Å². The summed E-state index contributed by atoms with van der Waals surface area (Å²) in [5, 5.41) is 0. The summed E-state index contributed by atoms with van der Waals surface area (Å²) in [5.74, 6) is 0. The van der Waals surface area contributed by atoms with Gasteiger partial charge in [0.2, 0.25) is 0 Å². The zero-order valence-electron chi connectivity index (χ0n) is 7.49. The molecule has 0 unspecified atom stereocenters. The molecule has 0 fully saturated rings. The maximum absolute atomic E-state index is 9.49. The summed E-state index contributed by atoms with van der Waals surface area (Å²) in [6, 6.07) is 5.72. The predicted octanol–water partition coefficient (Wildman–Crippen LogP) is -1.75. The van der Waals surface area contributed by atoms with Gasteiger partial charge in [0, 0.05) is 12.4 Å². The third-order valence-electron chi connectivity index (χ3n) is 0.736. The van der Waals surface area contributed by atoms with E-state index in [0.29, 0.717) is 0 Å². The average Bonchev–Trinajstić information content (AvgIpc) is 2.01. The molecule has 0 saturated carbocycles. The molecule has 16 heavy (non-hydrogen) atoms. The van der Waals surface area contributed by atoms with Crippen LogP contribution in [0.15, 0.2) is 30.6 Å². The minimum atomic E-state index is -6.01. The normalized spacial score (nSPS) is 10.6. The van der Waals surface area contributed by atoms with Crippen molar-refractivity contribution < 1.29 is 66.0 Å². The van der Waals surface area contributed by atoms with Crippen molar-refractivity contribution in [1.29, 1.82) is 0 Å². The van der Waals surface area contributed by atoms with Crippen LogP contribution in [0.5, 0.6) is 0 Å². The van der Waals surface area contributed by atoms with Gasteiger partial charge in [0.05, 0.1) is 12.4 Å². The van der Waals surface area contributed by atoms with E-state index in [1.54, 1.807) is 12.4 Å². The van der Waals surface area contributed by atoms with Crippen LogP contribution in [0, 0.1) is 12.4 Å². The predicted molar refractivity (Wildman–Crippen MR) is 33.1 cm³/mol. The second-order valence-corrected chi connectivity index (χ2v) is 5.63. The quantitative estimate of drug-likeness (QED) is 0.673. The van der Waals surface area contributed by atoms with E-state index >= 15 is 0 Å². The van der Waals surface area contributed by atoms with Crippen molar-refractivity contribution in [2.75, 3.05) is 0 Å². The van der Waals surface area contributed by atoms with E-state index in [1.165, 1.54) is 0 Å². The fourth-order valence-electron chi connectivity index (χ4n) is 0.418. The second-order valence-electron chi connectivity index (χ2n) is 1.93. The number of hydrogen-bond donors (Lipinski definition) is 1. The first-order valence-electron chi connectivity index (χ1n) is 3.20. The minimum Gasteiger partial charge on any atom is -0.265 e. The molecule has 94 valence electrons. The van der Waals surface area contributed by atoms with Crippen molar-refractivity contribution in [3.8, 4) is 0 Å². The van der Waals surface area contributed by atoms with Gasteiger partial charge in [-0.1, -0.05) is 6.07 Å². The fourth-order valence-corrected chi connectivity index (χ4v) is 2.10. The molecular formula is C5H8ClCr2NO7. The fraction of sp³-hybridized carbons (Fsp3) is 0. The number of aromatic nitrogens is 1. The Balaban J connectivity index is 0. The minimum absolute atomic E-state index is 0. The Hall–Kier alpha value is -0.415. The smallest absolute Gasteiger partial charge is 0.0267 e. The van der Waals surface area contributed by atoms with Crippen LogP contribution < -0.4 is 4.16 Å². The Kier molecular flexibility index (Phi) is 8.75. The standard InChI is InChI=1S/C5H5N.ClH2.2Cr.H2O.6O/c1-2-4-6-5-3-1;;;;;;;;;;/h1-5H;1H2;;;1H2;;;;;;/q;+1;;+1;;;;;;;-1/p-1. The molecule has 11 heteroatoms. The van der Waals surface area contributed by atoms with Crippen LogP contribution in [-0.2, 0) is 45.3 Å². The van der Waals surface area contributed by atoms with Crippen molar-refractivity contribution in [2.45, 2.75) is 0 Å². The number of hydrogen-bond acceptors (Lipinski definition) is 7. The van der Waals surface area contributed by atoms with Crippen LogP contribution in [0.3, 0.4) is 0 Å². The third-order valence-corrected chi connectivity index (χ3v) is 3.44. The Labute approximate surface area is 101 Å². The maximum Gasteiger partial charge on any atom is 0.0267 e. The maximum atomic E-state index is 9.49. The summed E-state index contributed by atoms with van der Waals surface area (Å²) in [4.78, 5) is 3.78. The van der Waals surface area contributed by atoms with E-state index in [0.717, 1.165) is 0 Å². The summed E-state index contributed by atoms with van der Waals surface area (Å²) < 4.78 is 57.6. The molecule has 0 bridgehead atoms. The third kappa shape index (κ3) is 16.0. The first kappa shape index (κ1) is 18.0. The van der Waals surface area contributed by atoms with Crippen molar-refractivity contribution >= 4 is 0 Å². The zero-order chi connectivity index (χ0) is 11.9. The van der Waals surface area contributed by atoms with Crippen LogP contribution in [0.4, 0.5) is 0 Å². The molecule has 0 radical (unpaired) electrons. The molecule has 0 amide bonds. The van der Waals surface area contributed by atoms with Crippen LogP contribution in [0.1, 0.15) is 0 Å². The average molecular weight is 334 g/mol. The number of halogens is 1. The van der Waals surface area contributed by atoms with Crippen molar-refractivity contribution in [3.05, 3.63) is 30.6 Å². The van der Waals surface area contributed by atoms with Gasteiger partial charge in [-0.05, 0) is 12.1 Å². The molecule has 1 rings (SSSR count). The van der Waals surface area contributed by atoms with Crippen molar-refractivity contribution in [2.24, 2.45) is 0 Å². The van der Waals surface area contributed by atoms with Crippen LogP contribution in [0.2, 0.25) is 0 Å². The summed E-state index contributed by atoms with van der Waals surface area (Å²) in [7, 11) is 0. The van der Waals surface area contributed by atoms with Crippen LogP contribution in [0.25, 0.3) is 0 Å². The Bertz CT molecular complexity index is 414. The summed E-state index contributed by atoms with van der Waals surface area (Å²) >= 11 is -11.8. The first-order chi connectivity index (χ1) is 6.71. The van der Waals surface area contributed by atoms with E-state index in [4.69, 9.17) is 4.16 Å². The van der Waals surface area contributed by atoms with Gasteiger partial charge in [0.25, 0.3) is 0 Å². The molecule has 0 aliphatic carbocycles. The van der Waals surface area contributed by atoms with E-state index < -0.39 is 27.2 Å². The molecular weight excluding hydrogens is 326 g/mol. The van der Waals surface area contributed by atoms with Gasteiger partial charge in [0.1, 0.15) is 0 Å². The topological polar surface area (TPSA) is 134 Å². The first-order valence-corrected chi connectivity index (χ1v) is 7.41. The monoisotopic (exact) mass is 333 g/mol. The SMILES string of the molecule is [ClH2+].[O]=[Cr](=[O])([O-])[O][Cr](=[O])(=[O])[OH].c1ccncc1. The van der Waals surface area contributed by atoms with Crippen LogP contribution >= 0.6 is 0 Å². The van der Waals surface area contributed by atoms with Gasteiger partial charge in [-0.3, -0.25) is 4.98 Å². The van der Waals surface area contributed by atoms with E-state index in [1.807, 2.05) is 18.2 Å². The van der Waals surface area contributed by atoms with Gasteiger partial charge >= 0.3 is 53.6 Å². The molecule has 1 heterocycles. The van der Waals surface area contributed by atoms with Gasteiger partial charge in [-0.25, -0.2) is 0 Å². The Morgan fingerprint density at radius 3 is 1.56 bits per heavy atom.